The maximum absolute atomic E-state index is 12.8. The van der Waals surface area contributed by atoms with Gasteiger partial charge in [0.2, 0.25) is 5.88 Å². The first-order valence-electron chi connectivity index (χ1n) is 12.6. The number of carbonyl (C=O) groups excluding carboxylic acids is 2. The second-order valence-corrected chi connectivity index (χ2v) is 9.45. The zero-order valence-electron chi connectivity index (χ0n) is 21.7. The number of likely N-dealkylation sites (tertiary alicyclic amines) is 1. The summed E-state index contributed by atoms with van der Waals surface area (Å²) in [5.41, 5.74) is -0.175. The number of pyridine rings is 1. The highest BCUT2D eigenvalue weighted by Crippen LogP contribution is 2.35. The number of hydrogen-bond acceptors (Lipinski definition) is 7. The standard InChI is InChI=1S/C29H26ClF3N2O6/c1-2-15-38-26(36)16-19-3-5-21(6-4-19)39-24-11-13-35(14-12-24)28(37)41-23-9-7-22(8-10-23)40-27-25(30)17-20(18-34-27)29(31,32)33/h2-10,17-18,24H,1,11-16H2. The van der Waals surface area contributed by atoms with Crippen LogP contribution in [-0.2, 0) is 22.1 Å². The summed E-state index contributed by atoms with van der Waals surface area (Å²) in [5.74, 6) is 0.666. The predicted molar refractivity (Wildman–Crippen MR) is 143 cm³/mol. The molecule has 0 atom stereocenters. The van der Waals surface area contributed by atoms with Crippen LogP contribution in [0.5, 0.6) is 23.1 Å². The number of carbonyl (C=O) groups is 2. The van der Waals surface area contributed by atoms with Crippen LogP contribution in [0.2, 0.25) is 5.02 Å². The zero-order valence-corrected chi connectivity index (χ0v) is 22.5. The highest BCUT2D eigenvalue weighted by molar-refractivity contribution is 6.31. The summed E-state index contributed by atoms with van der Waals surface area (Å²) in [6.07, 6.45) is -1.64. The molecule has 0 N–H and O–H groups in total. The van der Waals surface area contributed by atoms with Crippen LogP contribution in [0.3, 0.4) is 0 Å². The Morgan fingerprint density at radius 1 is 1.02 bits per heavy atom. The van der Waals surface area contributed by atoms with E-state index in [1.807, 2.05) is 12.1 Å². The van der Waals surface area contributed by atoms with Gasteiger partial charge in [-0.05, 0) is 48.0 Å². The zero-order chi connectivity index (χ0) is 29.4. The van der Waals surface area contributed by atoms with E-state index < -0.39 is 17.8 Å². The van der Waals surface area contributed by atoms with E-state index in [-0.39, 0.29) is 47.5 Å². The molecule has 0 bridgehead atoms. The molecule has 216 valence electrons. The summed E-state index contributed by atoms with van der Waals surface area (Å²) >= 11 is 5.87. The molecule has 12 heteroatoms. The second-order valence-electron chi connectivity index (χ2n) is 9.05. The Bertz CT molecular complexity index is 1360. The first kappa shape index (κ1) is 29.7. The van der Waals surface area contributed by atoms with Crippen molar-refractivity contribution < 1.29 is 41.7 Å². The molecule has 1 amide bonds. The molecule has 0 unspecified atom stereocenters. The summed E-state index contributed by atoms with van der Waals surface area (Å²) in [5, 5.41) is -0.291. The van der Waals surface area contributed by atoms with Gasteiger partial charge in [-0.15, -0.1) is 0 Å². The number of hydrogen-bond donors (Lipinski definition) is 0. The molecule has 2 heterocycles. The lowest BCUT2D eigenvalue weighted by atomic mass is 10.1. The SMILES string of the molecule is C=CCOC(=O)Cc1ccc(OC2CCN(C(=O)Oc3ccc(Oc4ncc(C(F)(F)F)cc4Cl)cc3)CC2)cc1. The van der Waals surface area contributed by atoms with Crippen LogP contribution in [0.4, 0.5) is 18.0 Å². The molecular formula is C29H26ClF3N2O6. The van der Waals surface area contributed by atoms with E-state index in [0.29, 0.717) is 37.9 Å². The molecule has 0 radical (unpaired) electrons. The average Bonchev–Trinajstić information content (AvgIpc) is 2.95. The van der Waals surface area contributed by atoms with Gasteiger partial charge in [0.05, 0.1) is 12.0 Å². The molecule has 1 fully saturated rings. The van der Waals surface area contributed by atoms with Gasteiger partial charge in [-0.3, -0.25) is 4.79 Å². The quantitative estimate of drug-likeness (QED) is 0.199. The van der Waals surface area contributed by atoms with Gasteiger partial charge in [-0.1, -0.05) is 36.4 Å². The fourth-order valence-corrected chi connectivity index (χ4v) is 4.12. The number of halogens is 4. The lowest BCUT2D eigenvalue weighted by Gasteiger charge is -2.31. The monoisotopic (exact) mass is 590 g/mol. The Kier molecular flexibility index (Phi) is 9.72. The van der Waals surface area contributed by atoms with E-state index >= 15 is 0 Å². The molecule has 1 aliphatic rings. The van der Waals surface area contributed by atoms with Crippen LogP contribution < -0.4 is 14.2 Å². The van der Waals surface area contributed by atoms with Gasteiger partial charge in [-0.25, -0.2) is 9.78 Å². The van der Waals surface area contributed by atoms with Crippen LogP contribution in [0.15, 0.2) is 73.4 Å². The molecule has 8 nitrogen and oxygen atoms in total. The molecule has 1 aliphatic heterocycles. The third-order valence-electron chi connectivity index (χ3n) is 6.02. The van der Waals surface area contributed by atoms with Crippen molar-refractivity contribution in [3.8, 4) is 23.1 Å². The van der Waals surface area contributed by atoms with Crippen LogP contribution >= 0.6 is 11.6 Å². The van der Waals surface area contributed by atoms with E-state index in [1.54, 1.807) is 17.0 Å². The smallest absolute Gasteiger partial charge is 0.417 e. The number of amides is 1. The molecule has 0 aliphatic carbocycles. The molecule has 1 aromatic heterocycles. The van der Waals surface area contributed by atoms with Crippen LogP contribution in [0, 0.1) is 0 Å². The maximum atomic E-state index is 12.8. The van der Waals surface area contributed by atoms with E-state index in [1.165, 1.54) is 30.3 Å². The Balaban J connectivity index is 1.22. The van der Waals surface area contributed by atoms with Gasteiger partial charge in [-0.2, -0.15) is 13.2 Å². The number of rotatable bonds is 9. The fourth-order valence-electron chi connectivity index (χ4n) is 3.91. The second kappa shape index (κ2) is 13.4. The van der Waals surface area contributed by atoms with Gasteiger partial charge < -0.3 is 23.8 Å². The van der Waals surface area contributed by atoms with Crippen molar-refractivity contribution in [1.82, 2.24) is 9.88 Å². The van der Waals surface area contributed by atoms with E-state index in [4.69, 9.17) is 30.5 Å². The van der Waals surface area contributed by atoms with Crippen molar-refractivity contribution in [1.29, 1.82) is 0 Å². The summed E-state index contributed by atoms with van der Waals surface area (Å²) in [6, 6.07) is 13.9. The van der Waals surface area contributed by atoms with Gasteiger partial charge in [0, 0.05) is 32.1 Å². The summed E-state index contributed by atoms with van der Waals surface area (Å²) in [7, 11) is 0. The first-order chi connectivity index (χ1) is 19.6. The third-order valence-corrected chi connectivity index (χ3v) is 6.29. The minimum Gasteiger partial charge on any atom is -0.490 e. The third kappa shape index (κ3) is 8.62. The van der Waals surface area contributed by atoms with Gasteiger partial charge in [0.1, 0.15) is 35.0 Å². The minimum absolute atomic E-state index is 0.0791. The molecule has 41 heavy (non-hydrogen) atoms. The molecular weight excluding hydrogens is 565 g/mol. The summed E-state index contributed by atoms with van der Waals surface area (Å²) in [6.45, 7) is 4.57. The number of benzene rings is 2. The average molecular weight is 591 g/mol. The number of aromatic nitrogens is 1. The van der Waals surface area contributed by atoms with Crippen LogP contribution in [0.1, 0.15) is 24.0 Å². The number of alkyl halides is 3. The van der Waals surface area contributed by atoms with E-state index in [2.05, 4.69) is 11.6 Å². The maximum Gasteiger partial charge on any atom is 0.417 e. The Hall–Kier alpha value is -4.25. The molecule has 2 aromatic carbocycles. The molecule has 1 saturated heterocycles. The molecule has 3 aromatic rings. The largest absolute Gasteiger partial charge is 0.490 e. The predicted octanol–water partition coefficient (Wildman–Crippen LogP) is 6.86. The van der Waals surface area contributed by atoms with Crippen molar-refractivity contribution in [3.05, 3.63) is 89.6 Å². The van der Waals surface area contributed by atoms with Crippen molar-refractivity contribution >= 4 is 23.7 Å². The van der Waals surface area contributed by atoms with Gasteiger partial charge in [0.15, 0.2) is 0 Å². The minimum atomic E-state index is -4.57. The van der Waals surface area contributed by atoms with Gasteiger partial charge >= 0.3 is 18.2 Å². The van der Waals surface area contributed by atoms with Crippen LogP contribution in [-0.4, -0.2) is 47.7 Å². The number of ether oxygens (including phenoxy) is 4. The Morgan fingerprint density at radius 2 is 1.66 bits per heavy atom. The van der Waals surface area contributed by atoms with Crippen LogP contribution in [0.25, 0.3) is 0 Å². The summed E-state index contributed by atoms with van der Waals surface area (Å²) < 4.78 is 60.3. The topological polar surface area (TPSA) is 87.2 Å². The van der Waals surface area contributed by atoms with Crippen molar-refractivity contribution in [2.45, 2.75) is 31.5 Å². The van der Waals surface area contributed by atoms with E-state index in [9.17, 15) is 22.8 Å². The first-order valence-corrected chi connectivity index (χ1v) is 13.0. The normalized spacial score (nSPS) is 13.8. The molecule has 0 saturated carbocycles. The highest BCUT2D eigenvalue weighted by atomic mass is 35.5. The Labute approximate surface area is 239 Å². The lowest BCUT2D eigenvalue weighted by molar-refractivity contribution is -0.141. The van der Waals surface area contributed by atoms with E-state index in [0.717, 1.165) is 11.6 Å². The summed E-state index contributed by atoms with van der Waals surface area (Å²) in [4.78, 5) is 29.6. The molecule has 4 rings (SSSR count). The highest BCUT2D eigenvalue weighted by Gasteiger charge is 2.32. The number of piperidine rings is 1. The lowest BCUT2D eigenvalue weighted by Crippen LogP contribution is -2.43. The van der Waals surface area contributed by atoms with Crippen molar-refractivity contribution in [3.63, 3.8) is 0 Å². The van der Waals surface area contributed by atoms with Gasteiger partial charge in [0.25, 0.3) is 0 Å². The molecule has 0 spiro atoms. The number of esters is 1. The number of nitrogens with zero attached hydrogens (tertiary/aromatic N) is 2. The fraction of sp³-hybridized carbons (Fsp3) is 0.276. The van der Waals surface area contributed by atoms with Crippen molar-refractivity contribution in [2.75, 3.05) is 19.7 Å². The van der Waals surface area contributed by atoms with Crippen molar-refractivity contribution in [2.24, 2.45) is 0 Å². The Morgan fingerprint density at radius 3 is 2.27 bits per heavy atom.